The summed E-state index contributed by atoms with van der Waals surface area (Å²) in [5.74, 6) is 1.04. The van der Waals surface area contributed by atoms with Crippen LogP contribution in [0.15, 0.2) is 24.3 Å². The van der Waals surface area contributed by atoms with E-state index in [1.165, 1.54) is 25.0 Å². The van der Waals surface area contributed by atoms with Crippen LogP contribution in [-0.2, 0) is 4.74 Å². The van der Waals surface area contributed by atoms with E-state index in [-0.39, 0.29) is 12.4 Å². The standard InChI is InChI=1S/C15H22FNO3/c16-13-3-5-15(6-4-13)20-11-14(18)9-17-7-8-19-10-12-1-2-12/h3-6,12,14,17-18H,1-2,7-11H2. The van der Waals surface area contributed by atoms with E-state index in [0.717, 1.165) is 19.1 Å². The van der Waals surface area contributed by atoms with Crippen LogP contribution in [0.2, 0.25) is 0 Å². The number of hydrogen-bond acceptors (Lipinski definition) is 4. The van der Waals surface area contributed by atoms with Gasteiger partial charge in [0.15, 0.2) is 0 Å². The molecular weight excluding hydrogens is 261 g/mol. The lowest BCUT2D eigenvalue weighted by Crippen LogP contribution is -2.33. The van der Waals surface area contributed by atoms with Crippen LogP contribution in [0, 0.1) is 11.7 Å². The average molecular weight is 283 g/mol. The molecular formula is C15H22FNO3. The first-order valence-electron chi connectivity index (χ1n) is 7.09. The van der Waals surface area contributed by atoms with Crippen molar-refractivity contribution in [3.05, 3.63) is 30.1 Å². The number of aliphatic hydroxyl groups excluding tert-OH is 1. The fourth-order valence-electron chi connectivity index (χ4n) is 1.73. The number of rotatable bonds is 10. The lowest BCUT2D eigenvalue weighted by atomic mass is 10.3. The van der Waals surface area contributed by atoms with E-state index in [2.05, 4.69) is 5.32 Å². The molecule has 0 amide bonds. The Labute approximate surface area is 118 Å². The molecule has 2 N–H and O–H groups in total. The third-order valence-electron chi connectivity index (χ3n) is 3.11. The number of nitrogens with one attached hydrogen (secondary N) is 1. The molecule has 1 saturated carbocycles. The summed E-state index contributed by atoms with van der Waals surface area (Å²) in [7, 11) is 0. The molecule has 5 heteroatoms. The van der Waals surface area contributed by atoms with Gasteiger partial charge in [-0.3, -0.25) is 0 Å². The molecule has 0 bridgehead atoms. The monoisotopic (exact) mass is 283 g/mol. The molecule has 0 aromatic heterocycles. The van der Waals surface area contributed by atoms with Crippen LogP contribution in [0.25, 0.3) is 0 Å². The zero-order chi connectivity index (χ0) is 14.2. The first-order valence-corrected chi connectivity index (χ1v) is 7.09. The maximum atomic E-state index is 12.7. The summed E-state index contributed by atoms with van der Waals surface area (Å²) in [6.45, 7) is 2.88. The molecule has 1 aromatic carbocycles. The minimum atomic E-state index is -0.594. The lowest BCUT2D eigenvalue weighted by Gasteiger charge is -2.13. The fourth-order valence-corrected chi connectivity index (χ4v) is 1.73. The van der Waals surface area contributed by atoms with Gasteiger partial charge in [0.2, 0.25) is 0 Å². The van der Waals surface area contributed by atoms with Crippen molar-refractivity contribution in [3.8, 4) is 5.75 Å². The second kappa shape index (κ2) is 8.19. The van der Waals surface area contributed by atoms with Gasteiger partial charge in [-0.15, -0.1) is 0 Å². The van der Waals surface area contributed by atoms with Gasteiger partial charge in [0, 0.05) is 19.7 Å². The van der Waals surface area contributed by atoms with Gasteiger partial charge in [-0.2, -0.15) is 0 Å². The van der Waals surface area contributed by atoms with E-state index in [0.29, 0.717) is 18.9 Å². The molecule has 0 heterocycles. The van der Waals surface area contributed by atoms with Crippen molar-refractivity contribution in [1.29, 1.82) is 0 Å². The summed E-state index contributed by atoms with van der Waals surface area (Å²) in [6, 6.07) is 5.75. The first kappa shape index (κ1) is 15.2. The highest BCUT2D eigenvalue weighted by molar-refractivity contribution is 5.22. The van der Waals surface area contributed by atoms with Gasteiger partial charge in [0.25, 0.3) is 0 Å². The topological polar surface area (TPSA) is 50.7 Å². The van der Waals surface area contributed by atoms with Crippen molar-refractivity contribution in [3.63, 3.8) is 0 Å². The minimum absolute atomic E-state index is 0.182. The SMILES string of the molecule is OC(CNCCOCC1CC1)COc1ccc(F)cc1. The highest BCUT2D eigenvalue weighted by atomic mass is 19.1. The van der Waals surface area contributed by atoms with Crippen molar-refractivity contribution >= 4 is 0 Å². The number of benzene rings is 1. The van der Waals surface area contributed by atoms with Crippen LogP contribution in [-0.4, -0.2) is 44.1 Å². The number of ether oxygens (including phenoxy) is 2. The van der Waals surface area contributed by atoms with Gasteiger partial charge in [-0.05, 0) is 43.0 Å². The predicted octanol–water partition coefficient (Wildman–Crippen LogP) is 1.58. The molecule has 0 radical (unpaired) electrons. The molecule has 0 aliphatic heterocycles. The third-order valence-corrected chi connectivity index (χ3v) is 3.11. The largest absolute Gasteiger partial charge is 0.491 e. The van der Waals surface area contributed by atoms with Gasteiger partial charge in [0.05, 0.1) is 6.61 Å². The molecule has 1 atom stereocenters. The number of halogens is 1. The van der Waals surface area contributed by atoms with E-state index >= 15 is 0 Å². The summed E-state index contributed by atoms with van der Waals surface area (Å²) >= 11 is 0. The summed E-state index contributed by atoms with van der Waals surface area (Å²) in [5.41, 5.74) is 0. The normalized spacial score (nSPS) is 16.1. The molecule has 4 nitrogen and oxygen atoms in total. The van der Waals surface area contributed by atoms with E-state index in [9.17, 15) is 9.50 Å². The van der Waals surface area contributed by atoms with Crippen molar-refractivity contribution in [2.45, 2.75) is 18.9 Å². The van der Waals surface area contributed by atoms with Crippen molar-refractivity contribution in [1.82, 2.24) is 5.32 Å². The van der Waals surface area contributed by atoms with E-state index < -0.39 is 6.10 Å². The summed E-state index contributed by atoms with van der Waals surface area (Å²) in [6.07, 6.45) is 2.00. The summed E-state index contributed by atoms with van der Waals surface area (Å²) in [5, 5.41) is 12.8. The summed E-state index contributed by atoms with van der Waals surface area (Å²) in [4.78, 5) is 0. The highest BCUT2D eigenvalue weighted by Gasteiger charge is 2.20. The second-order valence-electron chi connectivity index (χ2n) is 5.14. The molecule has 20 heavy (non-hydrogen) atoms. The predicted molar refractivity (Wildman–Crippen MR) is 74.3 cm³/mol. The molecule has 0 saturated heterocycles. The molecule has 1 aliphatic carbocycles. The van der Waals surface area contributed by atoms with Crippen molar-refractivity contribution < 1.29 is 19.0 Å². The van der Waals surface area contributed by atoms with E-state index in [1.807, 2.05) is 0 Å². The van der Waals surface area contributed by atoms with Gasteiger partial charge in [-0.1, -0.05) is 0 Å². The molecule has 1 aliphatic rings. The fraction of sp³-hybridized carbons (Fsp3) is 0.600. The van der Waals surface area contributed by atoms with Gasteiger partial charge in [-0.25, -0.2) is 4.39 Å². The third kappa shape index (κ3) is 6.32. The smallest absolute Gasteiger partial charge is 0.123 e. The number of hydrogen-bond donors (Lipinski definition) is 2. The van der Waals surface area contributed by atoms with Crippen molar-refractivity contribution in [2.75, 3.05) is 32.9 Å². The van der Waals surface area contributed by atoms with Crippen LogP contribution in [0.3, 0.4) is 0 Å². The quantitative estimate of drug-likeness (QED) is 0.640. The average Bonchev–Trinajstić information content (AvgIpc) is 3.26. The van der Waals surface area contributed by atoms with Crippen molar-refractivity contribution in [2.24, 2.45) is 5.92 Å². The Morgan fingerprint density at radius 2 is 2.05 bits per heavy atom. The van der Waals surface area contributed by atoms with Crippen LogP contribution in [0.4, 0.5) is 4.39 Å². The second-order valence-corrected chi connectivity index (χ2v) is 5.14. The van der Waals surface area contributed by atoms with Crippen LogP contribution in [0.1, 0.15) is 12.8 Å². The molecule has 1 aromatic rings. The first-order chi connectivity index (χ1) is 9.74. The Bertz CT molecular complexity index is 381. The van der Waals surface area contributed by atoms with Crippen LogP contribution >= 0.6 is 0 Å². The van der Waals surface area contributed by atoms with E-state index in [4.69, 9.17) is 9.47 Å². The van der Waals surface area contributed by atoms with Crippen LogP contribution in [0.5, 0.6) is 5.75 Å². The zero-order valence-electron chi connectivity index (χ0n) is 11.6. The minimum Gasteiger partial charge on any atom is -0.491 e. The maximum Gasteiger partial charge on any atom is 0.123 e. The maximum absolute atomic E-state index is 12.7. The van der Waals surface area contributed by atoms with Gasteiger partial charge in [0.1, 0.15) is 24.3 Å². The lowest BCUT2D eigenvalue weighted by molar-refractivity contribution is 0.0967. The molecule has 112 valence electrons. The zero-order valence-corrected chi connectivity index (χ0v) is 11.6. The Kier molecular flexibility index (Phi) is 6.24. The van der Waals surface area contributed by atoms with Gasteiger partial charge < -0.3 is 19.9 Å². The summed E-state index contributed by atoms with van der Waals surface area (Å²) < 4.78 is 23.5. The number of aliphatic hydroxyl groups is 1. The Morgan fingerprint density at radius 1 is 1.30 bits per heavy atom. The Balaban J connectivity index is 1.46. The Morgan fingerprint density at radius 3 is 2.75 bits per heavy atom. The molecule has 2 rings (SSSR count). The molecule has 1 unspecified atom stereocenters. The van der Waals surface area contributed by atoms with E-state index in [1.54, 1.807) is 12.1 Å². The Hall–Kier alpha value is -1.17. The van der Waals surface area contributed by atoms with Gasteiger partial charge >= 0.3 is 0 Å². The van der Waals surface area contributed by atoms with Crippen LogP contribution < -0.4 is 10.1 Å². The molecule has 1 fully saturated rings. The highest BCUT2D eigenvalue weighted by Crippen LogP contribution is 2.28. The molecule has 0 spiro atoms.